The maximum Gasteiger partial charge on any atom is 0.326 e. The Kier molecular flexibility index (Phi) is 5.16. The molecule has 3 N–H and O–H groups in total. The monoisotopic (exact) mass is 293 g/mol. The summed E-state index contributed by atoms with van der Waals surface area (Å²) in [6.07, 6.45) is 1.71. The number of hydrogen-bond acceptors (Lipinski definition) is 4. The largest absolute Gasteiger partial charge is 0.508 e. The molecule has 1 aromatic carbocycles. The Morgan fingerprint density at radius 3 is 2.62 bits per heavy atom. The van der Waals surface area contributed by atoms with Crippen molar-refractivity contribution in [1.29, 1.82) is 0 Å². The number of phenolic OH excluding ortho intramolecular Hbond substituents is 1. The predicted octanol–water partition coefficient (Wildman–Crippen LogP) is 0.931. The fourth-order valence-electron chi connectivity index (χ4n) is 2.30. The van der Waals surface area contributed by atoms with Gasteiger partial charge in [0, 0.05) is 13.0 Å². The number of rotatable bonds is 5. The summed E-state index contributed by atoms with van der Waals surface area (Å²) in [5.74, 6) is -1.51. The van der Waals surface area contributed by atoms with E-state index >= 15 is 0 Å². The van der Waals surface area contributed by atoms with Crippen LogP contribution in [0.25, 0.3) is 0 Å². The van der Waals surface area contributed by atoms with Crippen LogP contribution in [0.4, 0.5) is 0 Å². The number of carbonyl (C=O) groups excluding carboxylic acids is 1. The van der Waals surface area contributed by atoms with E-state index in [9.17, 15) is 19.8 Å². The molecule has 1 aliphatic heterocycles. The molecule has 1 saturated heterocycles. The van der Waals surface area contributed by atoms with E-state index in [0.717, 1.165) is 18.4 Å². The highest BCUT2D eigenvalue weighted by atomic mass is 16.5. The van der Waals surface area contributed by atoms with E-state index in [1.54, 1.807) is 12.1 Å². The summed E-state index contributed by atoms with van der Waals surface area (Å²) in [7, 11) is 0. The van der Waals surface area contributed by atoms with Crippen molar-refractivity contribution in [3.8, 4) is 5.75 Å². The van der Waals surface area contributed by atoms with Gasteiger partial charge in [-0.1, -0.05) is 12.1 Å². The van der Waals surface area contributed by atoms with E-state index < -0.39 is 12.0 Å². The van der Waals surface area contributed by atoms with Gasteiger partial charge in [-0.15, -0.1) is 0 Å². The lowest BCUT2D eigenvalue weighted by Crippen LogP contribution is -2.46. The molecule has 0 spiro atoms. The number of aromatic hydroxyl groups is 1. The van der Waals surface area contributed by atoms with Gasteiger partial charge in [0.25, 0.3) is 0 Å². The number of ether oxygens (including phenoxy) is 1. The van der Waals surface area contributed by atoms with E-state index in [1.165, 1.54) is 12.1 Å². The van der Waals surface area contributed by atoms with Gasteiger partial charge in [-0.2, -0.15) is 0 Å². The number of nitrogens with one attached hydrogen (secondary N) is 1. The van der Waals surface area contributed by atoms with Crippen molar-refractivity contribution < 1.29 is 24.5 Å². The molecule has 0 radical (unpaired) electrons. The zero-order valence-electron chi connectivity index (χ0n) is 11.6. The van der Waals surface area contributed by atoms with Crippen LogP contribution in [-0.4, -0.2) is 41.3 Å². The highest BCUT2D eigenvalue weighted by molar-refractivity contribution is 5.85. The van der Waals surface area contributed by atoms with Crippen molar-refractivity contribution in [2.45, 2.75) is 25.3 Å². The Morgan fingerprint density at radius 1 is 1.33 bits per heavy atom. The topological polar surface area (TPSA) is 95.9 Å². The second-order valence-corrected chi connectivity index (χ2v) is 5.18. The number of aliphatic carboxylic acids is 1. The van der Waals surface area contributed by atoms with E-state index in [-0.39, 0.29) is 24.0 Å². The Labute approximate surface area is 122 Å². The van der Waals surface area contributed by atoms with Gasteiger partial charge in [0.05, 0.1) is 12.5 Å². The van der Waals surface area contributed by atoms with Gasteiger partial charge in [0.15, 0.2) is 0 Å². The van der Waals surface area contributed by atoms with E-state index in [1.807, 2.05) is 0 Å². The molecule has 114 valence electrons. The second-order valence-electron chi connectivity index (χ2n) is 5.18. The van der Waals surface area contributed by atoms with Crippen LogP contribution >= 0.6 is 0 Å². The molecule has 21 heavy (non-hydrogen) atoms. The summed E-state index contributed by atoms with van der Waals surface area (Å²) in [5.41, 5.74) is 0.736. The summed E-state index contributed by atoms with van der Waals surface area (Å²) in [4.78, 5) is 23.4. The van der Waals surface area contributed by atoms with Gasteiger partial charge in [0.1, 0.15) is 11.8 Å². The van der Waals surface area contributed by atoms with Crippen LogP contribution in [0.15, 0.2) is 24.3 Å². The summed E-state index contributed by atoms with van der Waals surface area (Å²) in [6, 6.07) is 5.28. The Morgan fingerprint density at radius 2 is 2.05 bits per heavy atom. The lowest BCUT2D eigenvalue weighted by Gasteiger charge is -2.23. The van der Waals surface area contributed by atoms with Gasteiger partial charge < -0.3 is 20.3 Å². The maximum atomic E-state index is 12.1. The van der Waals surface area contributed by atoms with Gasteiger partial charge in [0.2, 0.25) is 5.91 Å². The third-order valence-corrected chi connectivity index (χ3v) is 3.52. The molecule has 0 aliphatic carbocycles. The number of carbonyl (C=O) groups is 2. The number of hydrogen-bond donors (Lipinski definition) is 3. The molecule has 1 aliphatic rings. The first-order valence-electron chi connectivity index (χ1n) is 6.95. The molecule has 6 nitrogen and oxygen atoms in total. The normalized spacial score (nSPS) is 19.7. The Balaban J connectivity index is 1.96. The fourth-order valence-corrected chi connectivity index (χ4v) is 2.30. The van der Waals surface area contributed by atoms with Crippen LogP contribution < -0.4 is 5.32 Å². The molecular weight excluding hydrogens is 274 g/mol. The zero-order chi connectivity index (χ0) is 15.2. The number of carboxylic acids is 1. The standard InChI is InChI=1S/C15H19NO5/c17-12-5-3-10(4-6-12)8-13(15(19)20)16-14(18)11-2-1-7-21-9-11/h3-6,11,13,17H,1-2,7-9H2,(H,16,18)(H,19,20)/t11?,13-/m1/s1. The molecule has 0 bridgehead atoms. The Hall–Kier alpha value is -2.08. The van der Waals surface area contributed by atoms with Crippen LogP contribution in [0, 0.1) is 5.92 Å². The molecule has 1 heterocycles. The minimum absolute atomic E-state index is 0.119. The molecule has 1 amide bonds. The van der Waals surface area contributed by atoms with Crippen molar-refractivity contribution in [3.05, 3.63) is 29.8 Å². The molecule has 1 aromatic rings. The summed E-state index contributed by atoms with van der Waals surface area (Å²) < 4.78 is 5.24. The number of benzene rings is 1. The van der Waals surface area contributed by atoms with Crippen LogP contribution in [0.3, 0.4) is 0 Å². The molecule has 1 unspecified atom stereocenters. The van der Waals surface area contributed by atoms with Gasteiger partial charge in [-0.3, -0.25) is 4.79 Å². The average molecular weight is 293 g/mol. The number of phenols is 1. The third-order valence-electron chi connectivity index (χ3n) is 3.52. The first kappa shape index (κ1) is 15.3. The molecule has 2 atom stereocenters. The van der Waals surface area contributed by atoms with Crippen molar-refractivity contribution in [3.63, 3.8) is 0 Å². The number of amides is 1. The minimum atomic E-state index is -1.08. The summed E-state index contributed by atoms with van der Waals surface area (Å²) >= 11 is 0. The SMILES string of the molecule is O=C(N[C@H](Cc1ccc(O)cc1)C(=O)O)C1CCCOC1. The first-order valence-corrected chi connectivity index (χ1v) is 6.95. The summed E-state index contributed by atoms with van der Waals surface area (Å²) in [6.45, 7) is 0.997. The van der Waals surface area contributed by atoms with Crippen molar-refractivity contribution in [1.82, 2.24) is 5.32 Å². The molecule has 0 saturated carbocycles. The molecule has 0 aromatic heterocycles. The van der Waals surface area contributed by atoms with Gasteiger partial charge >= 0.3 is 5.97 Å². The fraction of sp³-hybridized carbons (Fsp3) is 0.467. The van der Waals surface area contributed by atoms with E-state index in [4.69, 9.17) is 4.74 Å². The van der Waals surface area contributed by atoms with E-state index in [0.29, 0.717) is 13.2 Å². The van der Waals surface area contributed by atoms with Crippen molar-refractivity contribution >= 4 is 11.9 Å². The maximum absolute atomic E-state index is 12.1. The average Bonchev–Trinajstić information content (AvgIpc) is 2.49. The van der Waals surface area contributed by atoms with Gasteiger partial charge in [-0.05, 0) is 30.5 Å². The van der Waals surface area contributed by atoms with E-state index in [2.05, 4.69) is 5.32 Å². The lowest BCUT2D eigenvalue weighted by molar-refractivity contribution is -0.143. The molecule has 6 heteroatoms. The quantitative estimate of drug-likeness (QED) is 0.750. The minimum Gasteiger partial charge on any atom is -0.508 e. The van der Waals surface area contributed by atoms with Crippen LogP contribution in [-0.2, 0) is 20.7 Å². The Bertz CT molecular complexity index is 493. The first-order chi connectivity index (χ1) is 10.1. The molecular formula is C15H19NO5. The summed E-state index contributed by atoms with van der Waals surface area (Å²) in [5, 5.41) is 21.0. The zero-order valence-corrected chi connectivity index (χ0v) is 11.6. The smallest absolute Gasteiger partial charge is 0.326 e. The van der Waals surface area contributed by atoms with Crippen LogP contribution in [0.5, 0.6) is 5.75 Å². The molecule has 1 fully saturated rings. The van der Waals surface area contributed by atoms with Gasteiger partial charge in [-0.25, -0.2) is 4.79 Å². The predicted molar refractivity (Wildman–Crippen MR) is 74.9 cm³/mol. The third kappa shape index (κ3) is 4.46. The lowest BCUT2D eigenvalue weighted by atomic mass is 10.00. The second kappa shape index (κ2) is 7.08. The highest BCUT2D eigenvalue weighted by Crippen LogP contribution is 2.15. The van der Waals surface area contributed by atoms with Crippen LogP contribution in [0.1, 0.15) is 18.4 Å². The number of carboxylic acid groups (broad SMARTS) is 1. The highest BCUT2D eigenvalue weighted by Gasteiger charge is 2.27. The van der Waals surface area contributed by atoms with Crippen molar-refractivity contribution in [2.75, 3.05) is 13.2 Å². The van der Waals surface area contributed by atoms with Crippen molar-refractivity contribution in [2.24, 2.45) is 5.92 Å². The molecule has 2 rings (SSSR count). The van der Waals surface area contributed by atoms with Crippen LogP contribution in [0.2, 0.25) is 0 Å².